The standard InChI is InChI=1S/C36H47FN4O5/c1-25-21-41(26(2)24-42)35(43)32-20-31(39-36(44)38-30-15-13-29(37)14-16-30)17-18-33(32)46-27(3)10-8-9-19-45-34(25)23-40(4)22-28-11-6-5-7-12-28/h5-7,11-18,20,25-27,34,42H,8-10,19,21-24H2,1-4H3,(H2,38,39,44)/t25-,26+,27-,34-/m0/s1. The van der Waals surface area contributed by atoms with E-state index < -0.39 is 17.9 Å². The van der Waals surface area contributed by atoms with Crippen LogP contribution in [0, 0.1) is 11.7 Å². The fourth-order valence-electron chi connectivity index (χ4n) is 5.56. The number of ether oxygens (including phenoxy) is 2. The Bertz CT molecular complexity index is 1410. The minimum atomic E-state index is -0.539. The normalized spacial score (nSPS) is 20.3. The molecule has 46 heavy (non-hydrogen) atoms. The summed E-state index contributed by atoms with van der Waals surface area (Å²) in [6, 6.07) is 19.7. The van der Waals surface area contributed by atoms with Crippen LogP contribution in [0.4, 0.5) is 20.6 Å². The molecule has 1 heterocycles. The Balaban J connectivity index is 1.58. The summed E-state index contributed by atoms with van der Waals surface area (Å²) in [4.78, 5) is 31.0. The summed E-state index contributed by atoms with van der Waals surface area (Å²) in [6.07, 6.45) is 2.26. The molecule has 0 spiro atoms. The Labute approximate surface area is 271 Å². The van der Waals surface area contributed by atoms with E-state index in [2.05, 4.69) is 41.6 Å². The van der Waals surface area contributed by atoms with E-state index in [1.807, 2.05) is 32.0 Å². The zero-order valence-corrected chi connectivity index (χ0v) is 27.2. The maximum atomic E-state index is 14.3. The first-order chi connectivity index (χ1) is 22.1. The molecule has 1 aliphatic heterocycles. The Hall–Kier alpha value is -3.99. The maximum absolute atomic E-state index is 14.3. The number of amides is 3. The summed E-state index contributed by atoms with van der Waals surface area (Å²) in [5.41, 5.74) is 2.31. The van der Waals surface area contributed by atoms with E-state index in [1.54, 1.807) is 23.1 Å². The minimum absolute atomic E-state index is 0.0507. The molecule has 4 rings (SSSR count). The van der Waals surface area contributed by atoms with Crippen LogP contribution in [0.15, 0.2) is 72.8 Å². The van der Waals surface area contributed by atoms with Crippen molar-refractivity contribution < 1.29 is 28.6 Å². The zero-order valence-electron chi connectivity index (χ0n) is 27.2. The van der Waals surface area contributed by atoms with E-state index in [0.29, 0.717) is 36.8 Å². The third kappa shape index (κ3) is 10.3. The van der Waals surface area contributed by atoms with E-state index in [1.165, 1.54) is 29.8 Å². The van der Waals surface area contributed by atoms with Gasteiger partial charge in [0.05, 0.1) is 30.4 Å². The van der Waals surface area contributed by atoms with Gasteiger partial charge < -0.3 is 30.1 Å². The second-order valence-electron chi connectivity index (χ2n) is 12.3. The van der Waals surface area contributed by atoms with Crippen LogP contribution in [-0.2, 0) is 11.3 Å². The second-order valence-corrected chi connectivity index (χ2v) is 12.3. The van der Waals surface area contributed by atoms with Gasteiger partial charge in [-0.05, 0) is 88.2 Å². The first-order valence-electron chi connectivity index (χ1n) is 16.0. The van der Waals surface area contributed by atoms with E-state index in [0.717, 1.165) is 25.8 Å². The zero-order chi connectivity index (χ0) is 33.1. The summed E-state index contributed by atoms with van der Waals surface area (Å²) < 4.78 is 26.0. The number of hydrogen-bond acceptors (Lipinski definition) is 6. The van der Waals surface area contributed by atoms with Gasteiger partial charge in [-0.3, -0.25) is 9.69 Å². The lowest BCUT2D eigenvalue weighted by atomic mass is 10.0. The highest BCUT2D eigenvalue weighted by Crippen LogP contribution is 2.29. The van der Waals surface area contributed by atoms with Gasteiger partial charge in [-0.1, -0.05) is 37.3 Å². The number of nitrogens with one attached hydrogen (secondary N) is 2. The third-order valence-corrected chi connectivity index (χ3v) is 8.20. The summed E-state index contributed by atoms with van der Waals surface area (Å²) in [5.74, 6) is -0.355. The Morgan fingerprint density at radius 3 is 2.46 bits per heavy atom. The smallest absolute Gasteiger partial charge is 0.323 e. The number of likely N-dealkylation sites (N-methyl/N-ethyl adjacent to an activating group) is 1. The molecule has 3 aromatic carbocycles. The molecule has 0 bridgehead atoms. The molecule has 0 aromatic heterocycles. The van der Waals surface area contributed by atoms with Crippen molar-refractivity contribution in [3.05, 3.63) is 89.7 Å². The molecule has 3 amide bonds. The Morgan fingerprint density at radius 2 is 1.74 bits per heavy atom. The van der Waals surface area contributed by atoms with Crippen LogP contribution in [-0.4, -0.2) is 78.4 Å². The third-order valence-electron chi connectivity index (χ3n) is 8.20. The van der Waals surface area contributed by atoms with Gasteiger partial charge in [0, 0.05) is 43.5 Å². The van der Waals surface area contributed by atoms with Gasteiger partial charge in [-0.15, -0.1) is 0 Å². The molecule has 1 aliphatic rings. The molecule has 0 radical (unpaired) electrons. The molecule has 0 aliphatic carbocycles. The number of anilines is 2. The highest BCUT2D eigenvalue weighted by molar-refractivity contribution is 6.02. The van der Waals surface area contributed by atoms with Crippen molar-refractivity contribution in [3.8, 4) is 5.75 Å². The highest BCUT2D eigenvalue weighted by Gasteiger charge is 2.30. The number of aliphatic hydroxyl groups excluding tert-OH is 1. The predicted octanol–water partition coefficient (Wildman–Crippen LogP) is 6.40. The fraction of sp³-hybridized carbons (Fsp3) is 0.444. The number of urea groups is 1. The summed E-state index contributed by atoms with van der Waals surface area (Å²) in [7, 11) is 2.07. The van der Waals surface area contributed by atoms with Gasteiger partial charge in [0.25, 0.3) is 5.91 Å². The molecule has 9 nitrogen and oxygen atoms in total. The summed E-state index contributed by atoms with van der Waals surface area (Å²) in [6.45, 7) is 8.05. The van der Waals surface area contributed by atoms with Gasteiger partial charge in [0.1, 0.15) is 11.6 Å². The topological polar surface area (TPSA) is 103 Å². The number of benzene rings is 3. The number of nitrogens with zero attached hydrogens (tertiary/aromatic N) is 2. The fourth-order valence-corrected chi connectivity index (χ4v) is 5.56. The van der Waals surface area contributed by atoms with Crippen LogP contribution in [0.5, 0.6) is 5.75 Å². The van der Waals surface area contributed by atoms with Crippen molar-refractivity contribution >= 4 is 23.3 Å². The molecule has 0 saturated heterocycles. The quantitative estimate of drug-likeness (QED) is 0.265. The van der Waals surface area contributed by atoms with E-state index in [9.17, 15) is 19.1 Å². The van der Waals surface area contributed by atoms with Crippen molar-refractivity contribution in [2.24, 2.45) is 5.92 Å². The lowest BCUT2D eigenvalue weighted by molar-refractivity contribution is -0.0177. The lowest BCUT2D eigenvalue weighted by Crippen LogP contribution is -2.47. The number of aliphatic hydroxyl groups is 1. The van der Waals surface area contributed by atoms with Crippen LogP contribution < -0.4 is 15.4 Å². The minimum Gasteiger partial charge on any atom is -0.490 e. The number of carbonyl (C=O) groups excluding carboxylic acids is 2. The predicted molar refractivity (Wildman–Crippen MR) is 179 cm³/mol. The van der Waals surface area contributed by atoms with Gasteiger partial charge in [0.2, 0.25) is 0 Å². The molecule has 0 saturated carbocycles. The van der Waals surface area contributed by atoms with Crippen molar-refractivity contribution in [1.82, 2.24) is 9.80 Å². The van der Waals surface area contributed by atoms with Crippen LogP contribution in [0.1, 0.15) is 56.0 Å². The number of carbonyl (C=O) groups is 2. The average molecular weight is 635 g/mol. The molecule has 3 N–H and O–H groups in total. The number of halogens is 1. The van der Waals surface area contributed by atoms with E-state index in [-0.39, 0.29) is 36.2 Å². The van der Waals surface area contributed by atoms with Crippen molar-refractivity contribution in [1.29, 1.82) is 0 Å². The van der Waals surface area contributed by atoms with E-state index >= 15 is 0 Å². The first-order valence-corrected chi connectivity index (χ1v) is 16.0. The summed E-state index contributed by atoms with van der Waals surface area (Å²) >= 11 is 0. The highest BCUT2D eigenvalue weighted by atomic mass is 19.1. The monoisotopic (exact) mass is 634 g/mol. The van der Waals surface area contributed by atoms with Crippen LogP contribution >= 0.6 is 0 Å². The largest absolute Gasteiger partial charge is 0.490 e. The number of fused-ring (bicyclic) bond motifs is 1. The van der Waals surface area contributed by atoms with Gasteiger partial charge in [0.15, 0.2) is 0 Å². The van der Waals surface area contributed by atoms with E-state index in [4.69, 9.17) is 9.47 Å². The molecule has 248 valence electrons. The van der Waals surface area contributed by atoms with Gasteiger partial charge in [-0.25, -0.2) is 9.18 Å². The van der Waals surface area contributed by atoms with Crippen molar-refractivity contribution in [2.45, 2.75) is 64.8 Å². The van der Waals surface area contributed by atoms with Gasteiger partial charge >= 0.3 is 6.03 Å². The van der Waals surface area contributed by atoms with Gasteiger partial charge in [-0.2, -0.15) is 0 Å². The average Bonchev–Trinajstić information content (AvgIpc) is 3.04. The second kappa shape index (κ2) is 17.1. The molecular formula is C36H47FN4O5. The number of rotatable bonds is 8. The molecule has 10 heteroatoms. The molecule has 3 aromatic rings. The summed E-state index contributed by atoms with van der Waals surface area (Å²) in [5, 5.41) is 15.6. The SMILES string of the molecule is C[C@H](CO)N1C[C@H](C)[C@H](CN(C)Cc2ccccc2)OCCCC[C@H](C)Oc2ccc(NC(=O)Nc3ccc(F)cc3)cc2C1=O. The van der Waals surface area contributed by atoms with Crippen molar-refractivity contribution in [2.75, 3.05) is 44.0 Å². The maximum Gasteiger partial charge on any atom is 0.323 e. The molecule has 4 atom stereocenters. The Kier molecular flexibility index (Phi) is 12.9. The Morgan fingerprint density at radius 1 is 1.04 bits per heavy atom. The molecule has 0 unspecified atom stereocenters. The van der Waals surface area contributed by atoms with Crippen LogP contribution in [0.25, 0.3) is 0 Å². The molecular weight excluding hydrogens is 587 g/mol. The number of hydrogen-bond donors (Lipinski definition) is 3. The first kappa shape index (κ1) is 34.9. The van der Waals surface area contributed by atoms with Crippen LogP contribution in [0.3, 0.4) is 0 Å². The molecule has 0 fully saturated rings. The van der Waals surface area contributed by atoms with Crippen LogP contribution in [0.2, 0.25) is 0 Å². The lowest BCUT2D eigenvalue weighted by Gasteiger charge is -2.36. The van der Waals surface area contributed by atoms with Crippen molar-refractivity contribution in [3.63, 3.8) is 0 Å².